The first-order valence-electron chi connectivity index (χ1n) is 5.10. The second kappa shape index (κ2) is 3.87. The van der Waals surface area contributed by atoms with Crippen LogP contribution < -0.4 is 5.73 Å². The van der Waals surface area contributed by atoms with Crippen LogP contribution in [0.15, 0.2) is 17.0 Å². The molecule has 0 atom stereocenters. The summed E-state index contributed by atoms with van der Waals surface area (Å²) in [5, 5.41) is 9.48. The molecule has 0 aliphatic carbocycles. The maximum Gasteiger partial charge on any atom is 0.246 e. The summed E-state index contributed by atoms with van der Waals surface area (Å²) >= 11 is 0. The largest absolute Gasteiger partial charge is 0.396 e. The van der Waals surface area contributed by atoms with Gasteiger partial charge in [-0.05, 0) is 13.0 Å². The van der Waals surface area contributed by atoms with Gasteiger partial charge in [0.25, 0.3) is 0 Å². The van der Waals surface area contributed by atoms with Crippen LogP contribution in [-0.4, -0.2) is 36.5 Å². The number of hydrogen-bond acceptors (Lipinski definition) is 4. The Bertz CT molecular complexity index is 593. The van der Waals surface area contributed by atoms with Gasteiger partial charge in [-0.15, -0.1) is 0 Å². The third kappa shape index (κ3) is 2.06. The average Bonchev–Trinajstić information content (AvgIpc) is 2.19. The number of rotatable bonds is 2. The molecule has 1 aliphatic rings. The summed E-state index contributed by atoms with van der Waals surface area (Å²) in [7, 11) is -4.09. The fourth-order valence-corrected chi connectivity index (χ4v) is 3.52. The quantitative estimate of drug-likeness (QED) is 0.762. The molecule has 5 nitrogen and oxygen atoms in total. The summed E-state index contributed by atoms with van der Waals surface area (Å²) in [5.41, 5.74) is 3.67. The van der Waals surface area contributed by atoms with Gasteiger partial charge in [-0.3, -0.25) is 0 Å². The smallest absolute Gasteiger partial charge is 0.246 e. The number of halogens is 2. The van der Waals surface area contributed by atoms with Crippen molar-refractivity contribution >= 4 is 15.7 Å². The first-order chi connectivity index (χ1) is 8.13. The summed E-state index contributed by atoms with van der Waals surface area (Å²) in [6, 6.07) is 1.17. The number of nitrogen functional groups attached to an aromatic ring is 1. The highest BCUT2D eigenvalue weighted by molar-refractivity contribution is 7.89. The third-order valence-corrected chi connectivity index (χ3v) is 4.51. The molecule has 1 aliphatic heterocycles. The fraction of sp³-hybridized carbons (Fsp3) is 0.400. The monoisotopic (exact) mass is 278 g/mol. The van der Waals surface area contributed by atoms with Crippen LogP contribution in [0.2, 0.25) is 0 Å². The van der Waals surface area contributed by atoms with E-state index in [9.17, 15) is 22.3 Å². The molecule has 0 spiro atoms. The Balaban J connectivity index is 2.40. The Morgan fingerprint density at radius 3 is 2.39 bits per heavy atom. The van der Waals surface area contributed by atoms with Crippen molar-refractivity contribution in [3.63, 3.8) is 0 Å². The van der Waals surface area contributed by atoms with Gasteiger partial charge < -0.3 is 10.8 Å². The standard InChI is InChI=1S/C10H12F2N2O3S/c1-10(15)4-14(5-10)18(16,17)9-3-8(13)6(11)2-7(9)12/h2-3,15H,4-5,13H2,1H3. The highest BCUT2D eigenvalue weighted by atomic mass is 32.2. The van der Waals surface area contributed by atoms with E-state index in [1.807, 2.05) is 0 Å². The lowest BCUT2D eigenvalue weighted by molar-refractivity contribution is -0.0427. The number of anilines is 1. The van der Waals surface area contributed by atoms with Gasteiger partial charge in [-0.2, -0.15) is 4.31 Å². The zero-order chi connectivity index (χ0) is 13.7. The number of benzene rings is 1. The van der Waals surface area contributed by atoms with Gasteiger partial charge in [0.15, 0.2) is 0 Å². The van der Waals surface area contributed by atoms with Gasteiger partial charge in [0.2, 0.25) is 10.0 Å². The molecule has 0 unspecified atom stereocenters. The molecule has 1 saturated heterocycles. The van der Waals surface area contributed by atoms with Gasteiger partial charge >= 0.3 is 0 Å². The molecule has 8 heteroatoms. The number of β-amino-alcohol motifs (C(OH)–C–C–N with tert-alkyl or cyclic N) is 1. The van der Waals surface area contributed by atoms with Crippen molar-refractivity contribution in [3.05, 3.63) is 23.8 Å². The zero-order valence-corrected chi connectivity index (χ0v) is 10.3. The van der Waals surface area contributed by atoms with Crippen LogP contribution in [0.4, 0.5) is 14.5 Å². The summed E-state index contributed by atoms with van der Waals surface area (Å²) in [5.74, 6) is -2.21. The molecule has 0 amide bonds. The van der Waals surface area contributed by atoms with Gasteiger partial charge in [0.05, 0.1) is 11.3 Å². The SMILES string of the molecule is CC1(O)CN(S(=O)(=O)c2cc(N)c(F)cc2F)C1. The van der Waals surface area contributed by atoms with E-state index in [1.165, 1.54) is 6.92 Å². The number of nitrogens with zero attached hydrogens (tertiary/aromatic N) is 1. The van der Waals surface area contributed by atoms with Crippen molar-refractivity contribution in [1.82, 2.24) is 4.31 Å². The molecule has 3 N–H and O–H groups in total. The summed E-state index contributed by atoms with van der Waals surface area (Å²) in [6.07, 6.45) is 0. The van der Waals surface area contributed by atoms with Crippen LogP contribution in [0, 0.1) is 11.6 Å². The molecule has 0 saturated carbocycles. The van der Waals surface area contributed by atoms with Crippen LogP contribution in [0.1, 0.15) is 6.92 Å². The van der Waals surface area contributed by atoms with E-state index in [4.69, 9.17) is 5.73 Å². The predicted molar refractivity (Wildman–Crippen MR) is 60.2 cm³/mol. The molecule has 0 aromatic heterocycles. The van der Waals surface area contributed by atoms with E-state index < -0.39 is 37.8 Å². The van der Waals surface area contributed by atoms with Crippen LogP contribution in [0.3, 0.4) is 0 Å². The maximum absolute atomic E-state index is 13.5. The van der Waals surface area contributed by atoms with Crippen molar-refractivity contribution in [2.24, 2.45) is 0 Å². The third-order valence-electron chi connectivity index (χ3n) is 2.70. The lowest BCUT2D eigenvalue weighted by Gasteiger charge is -2.42. The maximum atomic E-state index is 13.5. The van der Waals surface area contributed by atoms with Crippen molar-refractivity contribution in [1.29, 1.82) is 0 Å². The van der Waals surface area contributed by atoms with Gasteiger partial charge in [-0.1, -0.05) is 0 Å². The van der Waals surface area contributed by atoms with E-state index in [0.717, 1.165) is 10.4 Å². The molecule has 1 heterocycles. The Hall–Kier alpha value is -1.25. The number of nitrogens with two attached hydrogens (primary N) is 1. The minimum Gasteiger partial charge on any atom is -0.396 e. The fourth-order valence-electron chi connectivity index (χ4n) is 1.77. The lowest BCUT2D eigenvalue weighted by Crippen LogP contribution is -2.61. The van der Waals surface area contributed by atoms with Gasteiger partial charge in [0, 0.05) is 19.2 Å². The minimum absolute atomic E-state index is 0.133. The number of hydrogen-bond donors (Lipinski definition) is 2. The molecule has 1 aromatic carbocycles. The molecular formula is C10H12F2N2O3S. The van der Waals surface area contributed by atoms with Crippen molar-refractivity contribution in [2.45, 2.75) is 17.4 Å². The molecule has 0 radical (unpaired) electrons. The van der Waals surface area contributed by atoms with E-state index in [2.05, 4.69) is 0 Å². The lowest BCUT2D eigenvalue weighted by atomic mass is 10.0. The van der Waals surface area contributed by atoms with Gasteiger partial charge in [0.1, 0.15) is 16.5 Å². The molecule has 100 valence electrons. The summed E-state index contributed by atoms with van der Waals surface area (Å²) in [6.45, 7) is 1.20. The molecular weight excluding hydrogens is 266 g/mol. The van der Waals surface area contributed by atoms with Crippen molar-refractivity contribution < 1.29 is 22.3 Å². The van der Waals surface area contributed by atoms with Gasteiger partial charge in [-0.25, -0.2) is 17.2 Å². The second-order valence-corrected chi connectivity index (χ2v) is 6.48. The Labute approximate surface area is 103 Å². The van der Waals surface area contributed by atoms with Crippen LogP contribution in [-0.2, 0) is 10.0 Å². The first-order valence-corrected chi connectivity index (χ1v) is 6.54. The molecule has 2 rings (SSSR count). The highest BCUT2D eigenvalue weighted by Crippen LogP contribution is 2.30. The molecule has 0 bridgehead atoms. The van der Waals surface area contributed by atoms with E-state index >= 15 is 0 Å². The Kier molecular flexibility index (Phi) is 2.84. The van der Waals surface area contributed by atoms with E-state index in [1.54, 1.807) is 0 Å². The number of aliphatic hydroxyl groups is 1. The minimum atomic E-state index is -4.09. The average molecular weight is 278 g/mol. The van der Waals surface area contributed by atoms with Crippen molar-refractivity contribution in [3.8, 4) is 0 Å². The second-order valence-electron chi connectivity index (χ2n) is 4.57. The van der Waals surface area contributed by atoms with Crippen LogP contribution in [0.25, 0.3) is 0 Å². The van der Waals surface area contributed by atoms with Crippen LogP contribution >= 0.6 is 0 Å². The molecule has 18 heavy (non-hydrogen) atoms. The first kappa shape index (κ1) is 13.2. The Morgan fingerprint density at radius 2 is 1.89 bits per heavy atom. The van der Waals surface area contributed by atoms with Crippen LogP contribution in [0.5, 0.6) is 0 Å². The summed E-state index contributed by atoms with van der Waals surface area (Å²) < 4.78 is 51.3. The predicted octanol–water partition coefficient (Wildman–Crippen LogP) is 0.302. The molecule has 1 fully saturated rings. The topological polar surface area (TPSA) is 83.6 Å². The zero-order valence-electron chi connectivity index (χ0n) is 9.52. The Morgan fingerprint density at radius 1 is 1.33 bits per heavy atom. The normalized spacial score (nSPS) is 19.6. The van der Waals surface area contributed by atoms with E-state index in [0.29, 0.717) is 6.07 Å². The highest BCUT2D eigenvalue weighted by Gasteiger charge is 2.44. The van der Waals surface area contributed by atoms with Crippen molar-refractivity contribution in [2.75, 3.05) is 18.8 Å². The molecule has 1 aromatic rings. The van der Waals surface area contributed by atoms with E-state index in [-0.39, 0.29) is 13.1 Å². The summed E-state index contributed by atoms with van der Waals surface area (Å²) in [4.78, 5) is -0.683. The number of sulfonamides is 1.